The molecular formula is C26H31N3O4S. The van der Waals surface area contributed by atoms with Gasteiger partial charge >= 0.3 is 0 Å². The molecule has 0 saturated carbocycles. The molecule has 2 aliphatic rings. The number of fused-ring (bicyclic) bond motifs is 1. The van der Waals surface area contributed by atoms with E-state index in [0.29, 0.717) is 12.4 Å². The summed E-state index contributed by atoms with van der Waals surface area (Å²) < 4.78 is 25.4. The van der Waals surface area contributed by atoms with Gasteiger partial charge < -0.3 is 18.9 Å². The molecular weight excluding hydrogens is 450 g/mol. The lowest BCUT2D eigenvalue weighted by Gasteiger charge is -2.16. The molecule has 1 aromatic heterocycles. The van der Waals surface area contributed by atoms with Crippen LogP contribution in [0.4, 0.5) is 0 Å². The van der Waals surface area contributed by atoms with Gasteiger partial charge in [0.2, 0.25) is 0 Å². The fraction of sp³-hybridized carbons (Fsp3) is 0.462. The van der Waals surface area contributed by atoms with E-state index in [9.17, 15) is 0 Å². The highest BCUT2D eigenvalue weighted by molar-refractivity contribution is 7.98. The van der Waals surface area contributed by atoms with Crippen molar-refractivity contribution in [1.29, 1.82) is 0 Å². The predicted octanol–water partition coefficient (Wildman–Crippen LogP) is 5.15. The Hall–Kier alpha value is -2.71. The summed E-state index contributed by atoms with van der Waals surface area (Å²) >= 11 is 1.67. The maximum Gasteiger partial charge on any atom is 0.191 e. The van der Waals surface area contributed by atoms with Gasteiger partial charge in [0, 0.05) is 35.5 Å². The smallest absolute Gasteiger partial charge is 0.191 e. The Morgan fingerprint density at radius 2 is 2.03 bits per heavy atom. The third-order valence-corrected chi connectivity index (χ3v) is 7.23. The summed E-state index contributed by atoms with van der Waals surface area (Å²) in [7, 11) is 1.67. The van der Waals surface area contributed by atoms with E-state index in [-0.39, 0.29) is 12.2 Å². The lowest BCUT2D eigenvalue weighted by atomic mass is 10.1. The molecule has 2 aliphatic heterocycles. The summed E-state index contributed by atoms with van der Waals surface area (Å²) in [6.45, 7) is 6.30. The van der Waals surface area contributed by atoms with Crippen LogP contribution in [0.3, 0.4) is 0 Å². The normalized spacial score (nSPS) is 19.1. The summed E-state index contributed by atoms with van der Waals surface area (Å²) in [4.78, 5) is 0. The third kappa shape index (κ3) is 4.88. The van der Waals surface area contributed by atoms with Crippen molar-refractivity contribution < 1.29 is 18.9 Å². The Labute approximate surface area is 204 Å². The van der Waals surface area contributed by atoms with Gasteiger partial charge in [0.05, 0.1) is 26.4 Å². The molecule has 0 N–H and O–H groups in total. The van der Waals surface area contributed by atoms with Crippen LogP contribution >= 0.6 is 11.8 Å². The molecule has 34 heavy (non-hydrogen) atoms. The largest absolute Gasteiger partial charge is 0.497 e. The number of hydrogen-bond acceptors (Lipinski definition) is 7. The molecule has 2 aromatic carbocycles. The summed E-state index contributed by atoms with van der Waals surface area (Å²) in [5.74, 6) is 4.27. The molecule has 7 nitrogen and oxygen atoms in total. The average Bonchev–Trinajstić information content (AvgIpc) is 3.58. The van der Waals surface area contributed by atoms with Crippen LogP contribution in [0.1, 0.15) is 37.8 Å². The van der Waals surface area contributed by atoms with Crippen molar-refractivity contribution in [2.24, 2.45) is 0 Å². The van der Waals surface area contributed by atoms with Crippen molar-refractivity contribution in [1.82, 2.24) is 14.8 Å². The van der Waals surface area contributed by atoms with Crippen LogP contribution in [0.15, 0.2) is 41.6 Å². The molecule has 1 saturated heterocycles. The minimum absolute atomic E-state index is 0.182. The van der Waals surface area contributed by atoms with E-state index < -0.39 is 0 Å². The molecule has 3 aromatic rings. The van der Waals surface area contributed by atoms with Crippen LogP contribution in [0.2, 0.25) is 0 Å². The number of rotatable bonds is 9. The molecule has 0 spiro atoms. The van der Waals surface area contributed by atoms with E-state index in [0.717, 1.165) is 71.8 Å². The second-order valence-electron chi connectivity index (χ2n) is 8.70. The van der Waals surface area contributed by atoms with Gasteiger partial charge in [0.15, 0.2) is 11.0 Å². The van der Waals surface area contributed by atoms with E-state index in [1.807, 2.05) is 31.2 Å². The van der Waals surface area contributed by atoms with Crippen LogP contribution in [-0.4, -0.2) is 47.3 Å². The van der Waals surface area contributed by atoms with Gasteiger partial charge in [-0.3, -0.25) is 4.57 Å². The molecule has 3 heterocycles. The molecule has 180 valence electrons. The van der Waals surface area contributed by atoms with Gasteiger partial charge in [-0.15, -0.1) is 10.2 Å². The number of thioether (sulfide) groups is 1. The fourth-order valence-corrected chi connectivity index (χ4v) is 5.46. The monoisotopic (exact) mass is 481 g/mol. The molecule has 5 rings (SSSR count). The van der Waals surface area contributed by atoms with Gasteiger partial charge in [-0.05, 0) is 63.1 Å². The number of methoxy groups -OCH3 is 1. The summed E-state index contributed by atoms with van der Waals surface area (Å²) in [5, 5.41) is 10.0. The lowest BCUT2D eigenvalue weighted by Crippen LogP contribution is -2.16. The maximum atomic E-state index is 6.00. The summed E-state index contributed by atoms with van der Waals surface area (Å²) in [5.41, 5.74) is 3.33. The standard InChI is InChI=1S/C26H31N3O4S/c1-4-31-23-13-19-12-17(2)33-24(19)14-20(23)16-34-26-28-27-25(18-7-9-21(30-3)10-8-18)29(26)15-22-6-5-11-32-22/h7-10,13-14,17,22H,4-6,11-12,15-16H2,1-3H3. The van der Waals surface area contributed by atoms with Crippen LogP contribution in [-0.2, 0) is 23.5 Å². The summed E-state index contributed by atoms with van der Waals surface area (Å²) in [6, 6.07) is 12.2. The number of benzene rings is 2. The van der Waals surface area contributed by atoms with Crippen molar-refractivity contribution in [2.75, 3.05) is 20.3 Å². The Balaban J connectivity index is 1.42. The van der Waals surface area contributed by atoms with E-state index >= 15 is 0 Å². The SMILES string of the molecule is CCOc1cc2c(cc1CSc1nnc(-c3ccc(OC)cc3)n1CC1CCCO1)OC(C)C2. The van der Waals surface area contributed by atoms with Crippen molar-refractivity contribution in [3.05, 3.63) is 47.5 Å². The topological polar surface area (TPSA) is 67.6 Å². The average molecular weight is 482 g/mol. The van der Waals surface area contributed by atoms with Crippen LogP contribution < -0.4 is 14.2 Å². The number of nitrogens with zero attached hydrogens (tertiary/aromatic N) is 3. The number of hydrogen-bond donors (Lipinski definition) is 0. The zero-order chi connectivity index (χ0) is 23.5. The zero-order valence-electron chi connectivity index (χ0n) is 20.0. The first-order chi connectivity index (χ1) is 16.6. The third-order valence-electron chi connectivity index (χ3n) is 6.21. The van der Waals surface area contributed by atoms with Crippen molar-refractivity contribution in [2.45, 2.75) is 62.8 Å². The second-order valence-corrected chi connectivity index (χ2v) is 9.64. The molecule has 0 amide bonds. The van der Waals surface area contributed by atoms with Crippen LogP contribution in [0.25, 0.3) is 11.4 Å². The predicted molar refractivity (Wildman–Crippen MR) is 132 cm³/mol. The Morgan fingerprint density at radius 3 is 2.76 bits per heavy atom. The molecule has 8 heteroatoms. The lowest BCUT2D eigenvalue weighted by molar-refractivity contribution is 0.0953. The minimum atomic E-state index is 0.182. The van der Waals surface area contributed by atoms with Gasteiger partial charge in [0.25, 0.3) is 0 Å². The number of aromatic nitrogens is 3. The van der Waals surface area contributed by atoms with Gasteiger partial charge in [-0.1, -0.05) is 11.8 Å². The second kappa shape index (κ2) is 10.3. The zero-order valence-corrected chi connectivity index (χ0v) is 20.8. The Bertz CT molecular complexity index is 1130. The highest BCUT2D eigenvalue weighted by Gasteiger charge is 2.24. The molecule has 2 atom stereocenters. The van der Waals surface area contributed by atoms with Crippen LogP contribution in [0.5, 0.6) is 17.2 Å². The van der Waals surface area contributed by atoms with Crippen molar-refractivity contribution in [3.63, 3.8) is 0 Å². The van der Waals surface area contributed by atoms with Gasteiger partial charge in [-0.2, -0.15) is 0 Å². The quantitative estimate of drug-likeness (QED) is 0.392. The van der Waals surface area contributed by atoms with E-state index in [1.54, 1.807) is 18.9 Å². The Kier molecular flexibility index (Phi) is 6.97. The fourth-order valence-electron chi connectivity index (χ4n) is 4.53. The van der Waals surface area contributed by atoms with Crippen molar-refractivity contribution >= 4 is 11.8 Å². The van der Waals surface area contributed by atoms with Gasteiger partial charge in [-0.25, -0.2) is 0 Å². The highest BCUT2D eigenvalue weighted by Crippen LogP contribution is 2.38. The van der Waals surface area contributed by atoms with E-state index in [4.69, 9.17) is 18.9 Å². The maximum absolute atomic E-state index is 6.00. The molecule has 2 unspecified atom stereocenters. The first kappa shape index (κ1) is 23.1. The van der Waals surface area contributed by atoms with Crippen LogP contribution in [0, 0.1) is 0 Å². The van der Waals surface area contributed by atoms with E-state index in [2.05, 4.69) is 33.8 Å². The first-order valence-electron chi connectivity index (χ1n) is 11.9. The number of ether oxygens (including phenoxy) is 4. The van der Waals surface area contributed by atoms with E-state index in [1.165, 1.54) is 5.56 Å². The molecule has 1 fully saturated rings. The Morgan fingerprint density at radius 1 is 1.18 bits per heavy atom. The molecule has 0 bridgehead atoms. The van der Waals surface area contributed by atoms with Gasteiger partial charge in [0.1, 0.15) is 23.4 Å². The minimum Gasteiger partial charge on any atom is -0.497 e. The van der Waals surface area contributed by atoms with Crippen molar-refractivity contribution in [3.8, 4) is 28.6 Å². The summed E-state index contributed by atoms with van der Waals surface area (Å²) in [6.07, 6.45) is 3.46. The molecule has 0 aliphatic carbocycles. The first-order valence-corrected chi connectivity index (χ1v) is 12.9. The molecule has 0 radical (unpaired) electrons. The highest BCUT2D eigenvalue weighted by atomic mass is 32.2.